The van der Waals surface area contributed by atoms with Crippen molar-refractivity contribution in [2.45, 2.75) is 12.5 Å². The lowest BCUT2D eigenvalue weighted by Gasteiger charge is -2.10. The molecule has 0 unspecified atom stereocenters. The van der Waals surface area contributed by atoms with Gasteiger partial charge in [0, 0.05) is 12.5 Å². The van der Waals surface area contributed by atoms with E-state index < -0.39 is 6.10 Å². The minimum absolute atomic E-state index is 0.00222. The van der Waals surface area contributed by atoms with Crippen molar-refractivity contribution in [2.24, 2.45) is 5.92 Å². The topological polar surface area (TPSA) is 40.5 Å². The Morgan fingerprint density at radius 1 is 1.33 bits per heavy atom. The maximum absolute atomic E-state index is 9.68. The number of benzene rings is 1. The zero-order valence-corrected chi connectivity index (χ0v) is 6.77. The molecular weight excluding hydrogens is 152 g/mol. The molecule has 0 saturated heterocycles. The Kier molecular flexibility index (Phi) is 1.87. The Balaban J connectivity index is 2.35. The molecule has 0 radical (unpaired) electrons. The number of aliphatic hydroxyl groups excluding tert-OH is 2. The van der Waals surface area contributed by atoms with Crippen LogP contribution in [0.25, 0.3) is 0 Å². The average Bonchev–Trinajstić information content (AvgIpc) is 2.44. The van der Waals surface area contributed by atoms with E-state index in [1.54, 1.807) is 0 Å². The van der Waals surface area contributed by atoms with Gasteiger partial charge in [-0.25, -0.2) is 0 Å². The third kappa shape index (κ3) is 1.04. The summed E-state index contributed by atoms with van der Waals surface area (Å²) >= 11 is 0. The van der Waals surface area contributed by atoms with E-state index in [-0.39, 0.29) is 12.5 Å². The summed E-state index contributed by atoms with van der Waals surface area (Å²) in [5, 5.41) is 18.6. The number of aliphatic hydroxyl groups is 2. The van der Waals surface area contributed by atoms with Crippen LogP contribution >= 0.6 is 0 Å². The normalized spacial score (nSPS) is 27.2. The highest BCUT2D eigenvalue weighted by molar-refractivity contribution is 5.34. The average molecular weight is 164 g/mol. The molecular formula is C10H12O2. The third-order valence-electron chi connectivity index (χ3n) is 2.54. The van der Waals surface area contributed by atoms with Crippen LogP contribution in [0.2, 0.25) is 0 Å². The summed E-state index contributed by atoms with van der Waals surface area (Å²) in [6, 6.07) is 7.82. The second kappa shape index (κ2) is 2.88. The molecule has 0 heterocycles. The quantitative estimate of drug-likeness (QED) is 0.647. The number of hydrogen-bond donors (Lipinski definition) is 2. The van der Waals surface area contributed by atoms with Gasteiger partial charge in [-0.3, -0.25) is 0 Å². The third-order valence-corrected chi connectivity index (χ3v) is 2.54. The van der Waals surface area contributed by atoms with Crippen molar-refractivity contribution < 1.29 is 10.2 Å². The Labute approximate surface area is 71.5 Å². The first-order valence-electron chi connectivity index (χ1n) is 4.19. The summed E-state index contributed by atoms with van der Waals surface area (Å²) in [5.74, 6) is 0.00222. The van der Waals surface area contributed by atoms with Crippen molar-refractivity contribution in [2.75, 3.05) is 6.61 Å². The zero-order chi connectivity index (χ0) is 8.55. The van der Waals surface area contributed by atoms with Gasteiger partial charge in [0.25, 0.3) is 0 Å². The lowest BCUT2D eigenvalue weighted by atomic mass is 10.1. The molecule has 2 heteroatoms. The fourth-order valence-electron chi connectivity index (χ4n) is 1.82. The van der Waals surface area contributed by atoms with Gasteiger partial charge >= 0.3 is 0 Å². The highest BCUT2D eigenvalue weighted by atomic mass is 16.3. The summed E-state index contributed by atoms with van der Waals surface area (Å²) < 4.78 is 0. The van der Waals surface area contributed by atoms with Crippen molar-refractivity contribution in [3.05, 3.63) is 35.4 Å². The first-order valence-corrected chi connectivity index (χ1v) is 4.19. The smallest absolute Gasteiger partial charge is 0.0845 e. The molecule has 12 heavy (non-hydrogen) atoms. The Hall–Kier alpha value is -0.860. The van der Waals surface area contributed by atoms with Gasteiger partial charge in [0.2, 0.25) is 0 Å². The predicted octanol–water partition coefficient (Wildman–Crippen LogP) is 0.885. The maximum Gasteiger partial charge on any atom is 0.0845 e. The molecule has 1 aliphatic rings. The summed E-state index contributed by atoms with van der Waals surface area (Å²) in [6.45, 7) is 0.0653. The summed E-state index contributed by atoms with van der Waals surface area (Å²) in [7, 11) is 0. The van der Waals surface area contributed by atoms with Crippen LogP contribution in [-0.4, -0.2) is 16.8 Å². The molecule has 0 bridgehead atoms. The second-order valence-corrected chi connectivity index (χ2v) is 3.29. The van der Waals surface area contributed by atoms with Gasteiger partial charge in [0.15, 0.2) is 0 Å². The molecule has 0 fully saturated rings. The van der Waals surface area contributed by atoms with E-state index in [0.29, 0.717) is 0 Å². The predicted molar refractivity (Wildman–Crippen MR) is 45.7 cm³/mol. The standard InChI is InChI=1S/C10H12O2/c11-6-8-5-7-3-1-2-4-9(7)10(8)12/h1-4,8,10-12H,5-6H2/t8-,10+/m0/s1. The molecule has 2 nitrogen and oxygen atoms in total. The SMILES string of the molecule is OC[C@@H]1Cc2ccccc2[C@@H]1O. The summed E-state index contributed by atoms with van der Waals surface area (Å²) in [6.07, 6.45) is 0.333. The van der Waals surface area contributed by atoms with E-state index >= 15 is 0 Å². The first-order chi connectivity index (χ1) is 5.83. The molecule has 64 valence electrons. The van der Waals surface area contributed by atoms with Crippen molar-refractivity contribution in [3.8, 4) is 0 Å². The van der Waals surface area contributed by atoms with Gasteiger partial charge in [0.05, 0.1) is 6.10 Å². The lowest BCUT2D eigenvalue weighted by Crippen LogP contribution is -2.11. The van der Waals surface area contributed by atoms with Crippen LogP contribution in [0.5, 0.6) is 0 Å². The van der Waals surface area contributed by atoms with E-state index in [4.69, 9.17) is 5.11 Å². The monoisotopic (exact) mass is 164 g/mol. The molecule has 0 saturated carbocycles. The summed E-state index contributed by atoms with van der Waals surface area (Å²) in [5.41, 5.74) is 2.15. The van der Waals surface area contributed by atoms with Gasteiger partial charge in [-0.1, -0.05) is 24.3 Å². The molecule has 0 amide bonds. The largest absolute Gasteiger partial charge is 0.396 e. The van der Waals surface area contributed by atoms with Crippen LogP contribution < -0.4 is 0 Å². The lowest BCUT2D eigenvalue weighted by molar-refractivity contribution is 0.0807. The van der Waals surface area contributed by atoms with Crippen molar-refractivity contribution >= 4 is 0 Å². The van der Waals surface area contributed by atoms with Gasteiger partial charge in [-0.15, -0.1) is 0 Å². The van der Waals surface area contributed by atoms with Crippen LogP contribution in [0.1, 0.15) is 17.2 Å². The molecule has 2 rings (SSSR count). The first kappa shape index (κ1) is 7.77. The van der Waals surface area contributed by atoms with Crippen LogP contribution in [-0.2, 0) is 6.42 Å². The molecule has 2 N–H and O–H groups in total. The van der Waals surface area contributed by atoms with Gasteiger partial charge in [0.1, 0.15) is 0 Å². The minimum Gasteiger partial charge on any atom is -0.396 e. The fourth-order valence-corrected chi connectivity index (χ4v) is 1.82. The molecule has 0 aliphatic heterocycles. The Morgan fingerprint density at radius 3 is 2.75 bits per heavy atom. The second-order valence-electron chi connectivity index (χ2n) is 3.29. The Bertz CT molecular complexity index is 283. The van der Waals surface area contributed by atoms with E-state index in [0.717, 1.165) is 12.0 Å². The molecule has 1 aromatic carbocycles. The van der Waals surface area contributed by atoms with Crippen LogP contribution in [0, 0.1) is 5.92 Å². The zero-order valence-electron chi connectivity index (χ0n) is 6.77. The molecule has 0 aromatic heterocycles. The van der Waals surface area contributed by atoms with Crippen molar-refractivity contribution in [3.63, 3.8) is 0 Å². The van der Waals surface area contributed by atoms with E-state index in [2.05, 4.69) is 0 Å². The van der Waals surface area contributed by atoms with Gasteiger partial charge in [-0.05, 0) is 17.5 Å². The van der Waals surface area contributed by atoms with E-state index in [1.807, 2.05) is 24.3 Å². The van der Waals surface area contributed by atoms with Gasteiger partial charge < -0.3 is 10.2 Å². The van der Waals surface area contributed by atoms with E-state index in [1.165, 1.54) is 5.56 Å². The number of fused-ring (bicyclic) bond motifs is 1. The molecule has 2 atom stereocenters. The highest BCUT2D eigenvalue weighted by Crippen LogP contribution is 2.35. The van der Waals surface area contributed by atoms with E-state index in [9.17, 15) is 5.11 Å². The van der Waals surface area contributed by atoms with Crippen molar-refractivity contribution in [1.29, 1.82) is 0 Å². The minimum atomic E-state index is -0.466. The number of rotatable bonds is 1. The molecule has 1 aromatic rings. The highest BCUT2D eigenvalue weighted by Gasteiger charge is 2.29. The molecule has 1 aliphatic carbocycles. The van der Waals surface area contributed by atoms with Crippen LogP contribution in [0.4, 0.5) is 0 Å². The van der Waals surface area contributed by atoms with Crippen LogP contribution in [0.15, 0.2) is 24.3 Å². The fraction of sp³-hybridized carbons (Fsp3) is 0.400. The Morgan fingerprint density at radius 2 is 2.08 bits per heavy atom. The van der Waals surface area contributed by atoms with Gasteiger partial charge in [-0.2, -0.15) is 0 Å². The van der Waals surface area contributed by atoms with Crippen LogP contribution in [0.3, 0.4) is 0 Å². The maximum atomic E-state index is 9.68. The molecule has 0 spiro atoms. The number of hydrogen-bond acceptors (Lipinski definition) is 2. The van der Waals surface area contributed by atoms with Crippen molar-refractivity contribution in [1.82, 2.24) is 0 Å². The summed E-state index contributed by atoms with van der Waals surface area (Å²) in [4.78, 5) is 0.